The molecule has 1 heterocycles. The van der Waals surface area contributed by atoms with Crippen LogP contribution in [0.3, 0.4) is 0 Å². The molecule has 34 heavy (non-hydrogen) atoms. The molecule has 2 amide bonds. The maximum Gasteiger partial charge on any atom is 0.407 e. The highest BCUT2D eigenvalue weighted by molar-refractivity contribution is 5.79. The number of carbonyl (C=O) groups is 3. The minimum absolute atomic E-state index is 0.00854. The summed E-state index contributed by atoms with van der Waals surface area (Å²) in [5.41, 5.74) is 4.69. The number of morpholine rings is 1. The normalized spacial score (nSPS) is 18.0. The molecule has 0 saturated carbocycles. The topological polar surface area (TPSA) is 105 Å². The van der Waals surface area contributed by atoms with Gasteiger partial charge in [-0.1, -0.05) is 48.5 Å². The number of hydrogen-bond donors (Lipinski definition) is 2. The number of ether oxygens (including phenoxy) is 2. The van der Waals surface area contributed by atoms with Crippen molar-refractivity contribution in [1.29, 1.82) is 0 Å². The van der Waals surface area contributed by atoms with Gasteiger partial charge in [0, 0.05) is 24.9 Å². The number of fused-ring (bicyclic) bond motifs is 3. The van der Waals surface area contributed by atoms with Crippen LogP contribution in [0.2, 0.25) is 0 Å². The van der Waals surface area contributed by atoms with Crippen LogP contribution in [0.4, 0.5) is 4.79 Å². The van der Waals surface area contributed by atoms with E-state index in [0.29, 0.717) is 25.8 Å². The molecule has 8 heteroatoms. The van der Waals surface area contributed by atoms with Gasteiger partial charge in [0.1, 0.15) is 6.61 Å². The average Bonchev–Trinajstić information content (AvgIpc) is 3.16. The minimum Gasteiger partial charge on any atom is -0.479 e. The largest absolute Gasteiger partial charge is 0.479 e. The molecule has 1 aliphatic carbocycles. The Bertz CT molecular complexity index is 1010. The number of nitrogens with one attached hydrogen (secondary N) is 1. The van der Waals surface area contributed by atoms with Crippen molar-refractivity contribution in [3.8, 4) is 11.1 Å². The summed E-state index contributed by atoms with van der Waals surface area (Å²) in [6.45, 7) is 2.83. The molecule has 2 aliphatic rings. The first-order chi connectivity index (χ1) is 16.4. The van der Waals surface area contributed by atoms with Crippen LogP contribution in [0.25, 0.3) is 11.1 Å². The smallest absolute Gasteiger partial charge is 0.407 e. The van der Waals surface area contributed by atoms with Gasteiger partial charge in [-0.15, -0.1) is 0 Å². The fourth-order valence-electron chi connectivity index (χ4n) is 4.66. The quantitative estimate of drug-likeness (QED) is 0.618. The van der Waals surface area contributed by atoms with Crippen LogP contribution in [-0.4, -0.2) is 66.4 Å². The predicted octanol–water partition coefficient (Wildman–Crippen LogP) is 3.40. The number of carbonyl (C=O) groups excluding carboxylic acids is 2. The molecular formula is C26H30N2O6. The first-order valence-electron chi connectivity index (χ1n) is 11.7. The third-order valence-electron chi connectivity index (χ3n) is 6.43. The third-order valence-corrected chi connectivity index (χ3v) is 6.43. The number of carboxylic acid groups (broad SMARTS) is 1. The molecular weight excluding hydrogens is 436 g/mol. The third kappa shape index (κ3) is 5.39. The Morgan fingerprint density at radius 1 is 1.12 bits per heavy atom. The molecule has 1 aliphatic heterocycles. The predicted molar refractivity (Wildman–Crippen MR) is 125 cm³/mol. The minimum atomic E-state index is -1.06. The number of alkyl carbamates (subject to hydrolysis) is 1. The number of nitrogens with zero attached hydrogens (tertiary/aromatic N) is 1. The van der Waals surface area contributed by atoms with Crippen LogP contribution < -0.4 is 5.32 Å². The molecule has 8 nitrogen and oxygen atoms in total. The van der Waals surface area contributed by atoms with E-state index in [1.54, 1.807) is 0 Å². The van der Waals surface area contributed by atoms with Crippen LogP contribution in [0.1, 0.15) is 43.2 Å². The van der Waals surface area contributed by atoms with Crippen LogP contribution in [0.15, 0.2) is 48.5 Å². The fraction of sp³-hybridized carbons (Fsp3) is 0.423. The zero-order chi connectivity index (χ0) is 24.1. The van der Waals surface area contributed by atoms with Crippen LogP contribution in [0.5, 0.6) is 0 Å². The van der Waals surface area contributed by atoms with Crippen molar-refractivity contribution in [3.05, 3.63) is 59.7 Å². The zero-order valence-corrected chi connectivity index (χ0v) is 19.2. The molecule has 0 bridgehead atoms. The SMILES string of the molecule is CC(CCCC(=O)N1CCOC(C(=O)O)C1)NC(=O)OCC1c2ccccc2-c2ccccc21. The Kier molecular flexibility index (Phi) is 7.47. The molecule has 1 fully saturated rings. The maximum atomic E-state index is 12.4. The van der Waals surface area contributed by atoms with Crippen molar-refractivity contribution in [2.45, 2.75) is 44.2 Å². The molecule has 2 N–H and O–H groups in total. The first-order valence-corrected chi connectivity index (χ1v) is 11.7. The van der Waals surface area contributed by atoms with Crippen molar-refractivity contribution in [2.75, 3.05) is 26.3 Å². The van der Waals surface area contributed by atoms with Gasteiger partial charge in [-0.25, -0.2) is 9.59 Å². The van der Waals surface area contributed by atoms with Crippen LogP contribution in [-0.2, 0) is 19.1 Å². The number of rotatable bonds is 8. The van der Waals surface area contributed by atoms with Crippen LogP contribution in [0, 0.1) is 0 Å². The highest BCUT2D eigenvalue weighted by atomic mass is 16.5. The average molecular weight is 467 g/mol. The molecule has 4 rings (SSSR count). The Morgan fingerprint density at radius 2 is 1.76 bits per heavy atom. The van der Waals surface area contributed by atoms with E-state index in [1.807, 2.05) is 31.2 Å². The number of amides is 2. The lowest BCUT2D eigenvalue weighted by molar-refractivity contribution is -0.159. The summed E-state index contributed by atoms with van der Waals surface area (Å²) in [4.78, 5) is 37.4. The van der Waals surface area contributed by atoms with Gasteiger partial charge in [-0.3, -0.25) is 4.79 Å². The second kappa shape index (κ2) is 10.7. The summed E-state index contributed by atoms with van der Waals surface area (Å²) in [5.74, 6) is -1.14. The Morgan fingerprint density at radius 3 is 2.41 bits per heavy atom. The Hall–Kier alpha value is -3.39. The highest BCUT2D eigenvalue weighted by Gasteiger charge is 2.30. The summed E-state index contributed by atoms with van der Waals surface area (Å²) in [6, 6.07) is 16.2. The Balaban J connectivity index is 1.21. The van der Waals surface area contributed by atoms with E-state index in [0.717, 1.165) is 11.1 Å². The van der Waals surface area contributed by atoms with Crippen LogP contribution >= 0.6 is 0 Å². The molecule has 2 unspecified atom stereocenters. The maximum absolute atomic E-state index is 12.4. The number of hydrogen-bond acceptors (Lipinski definition) is 5. The monoisotopic (exact) mass is 466 g/mol. The van der Waals surface area contributed by atoms with Gasteiger partial charge in [0.2, 0.25) is 5.91 Å². The standard InChI is InChI=1S/C26H30N2O6/c1-17(7-6-12-24(29)28-13-14-33-23(15-28)25(30)31)27-26(32)34-16-22-20-10-4-2-8-18(20)19-9-3-5-11-21(19)22/h2-5,8-11,17,22-23H,6-7,12-16H2,1H3,(H,27,32)(H,30,31). The molecule has 2 aromatic carbocycles. The molecule has 2 atom stereocenters. The van der Waals surface area contributed by atoms with Gasteiger partial charge in [0.15, 0.2) is 6.10 Å². The molecule has 2 aromatic rings. The lowest BCUT2D eigenvalue weighted by Gasteiger charge is -2.31. The summed E-state index contributed by atoms with van der Waals surface area (Å²) < 4.78 is 10.7. The van der Waals surface area contributed by atoms with Crippen molar-refractivity contribution >= 4 is 18.0 Å². The summed E-state index contributed by atoms with van der Waals surface area (Å²) in [6.07, 6.45) is 0.0507. The zero-order valence-electron chi connectivity index (χ0n) is 19.2. The molecule has 0 aromatic heterocycles. The van der Waals surface area contributed by atoms with Crippen molar-refractivity contribution in [3.63, 3.8) is 0 Å². The van der Waals surface area contributed by atoms with Crippen molar-refractivity contribution < 1.29 is 29.0 Å². The lowest BCUT2D eigenvalue weighted by Crippen LogP contribution is -2.48. The van der Waals surface area contributed by atoms with E-state index in [1.165, 1.54) is 16.0 Å². The first kappa shape index (κ1) is 23.8. The molecule has 0 radical (unpaired) electrons. The van der Waals surface area contributed by atoms with Gasteiger partial charge in [0.05, 0.1) is 13.2 Å². The van der Waals surface area contributed by atoms with E-state index in [4.69, 9.17) is 14.6 Å². The van der Waals surface area contributed by atoms with E-state index in [2.05, 4.69) is 29.6 Å². The number of benzene rings is 2. The van der Waals surface area contributed by atoms with E-state index in [9.17, 15) is 14.4 Å². The van der Waals surface area contributed by atoms with Gasteiger partial charge in [0.25, 0.3) is 0 Å². The highest BCUT2D eigenvalue weighted by Crippen LogP contribution is 2.44. The summed E-state index contributed by atoms with van der Waals surface area (Å²) in [5, 5.41) is 11.9. The van der Waals surface area contributed by atoms with Gasteiger partial charge < -0.3 is 24.8 Å². The van der Waals surface area contributed by atoms with Crippen molar-refractivity contribution in [2.24, 2.45) is 0 Å². The molecule has 180 valence electrons. The second-order valence-electron chi connectivity index (χ2n) is 8.80. The van der Waals surface area contributed by atoms with E-state index in [-0.39, 0.29) is 37.6 Å². The van der Waals surface area contributed by atoms with Crippen molar-refractivity contribution in [1.82, 2.24) is 10.2 Å². The van der Waals surface area contributed by atoms with E-state index >= 15 is 0 Å². The molecule has 0 spiro atoms. The van der Waals surface area contributed by atoms with Gasteiger partial charge in [-0.2, -0.15) is 0 Å². The number of aliphatic carboxylic acids is 1. The van der Waals surface area contributed by atoms with E-state index < -0.39 is 18.2 Å². The Labute approximate surface area is 198 Å². The summed E-state index contributed by atoms with van der Waals surface area (Å²) in [7, 11) is 0. The number of carboxylic acids is 1. The molecule has 1 saturated heterocycles. The second-order valence-corrected chi connectivity index (χ2v) is 8.80. The fourth-order valence-corrected chi connectivity index (χ4v) is 4.66. The van der Waals surface area contributed by atoms with Gasteiger partial charge in [-0.05, 0) is 42.0 Å². The lowest BCUT2D eigenvalue weighted by atomic mass is 9.98. The summed E-state index contributed by atoms with van der Waals surface area (Å²) >= 11 is 0. The van der Waals surface area contributed by atoms with Gasteiger partial charge >= 0.3 is 12.1 Å².